The van der Waals surface area contributed by atoms with Gasteiger partial charge in [-0.25, -0.2) is 0 Å². The van der Waals surface area contributed by atoms with Crippen molar-refractivity contribution in [3.05, 3.63) is 0 Å². The molecule has 1 saturated carbocycles. The van der Waals surface area contributed by atoms with Gasteiger partial charge in [0.15, 0.2) is 0 Å². The lowest BCUT2D eigenvalue weighted by Crippen LogP contribution is -2.25. The highest BCUT2D eigenvalue weighted by atomic mass is 16.5. The molecule has 0 aliphatic heterocycles. The van der Waals surface area contributed by atoms with Crippen molar-refractivity contribution in [2.45, 2.75) is 39.5 Å². The maximum absolute atomic E-state index is 5.62. The quantitative estimate of drug-likeness (QED) is 0.617. The van der Waals surface area contributed by atoms with Crippen molar-refractivity contribution in [2.75, 3.05) is 19.8 Å². The number of rotatable bonds is 7. The van der Waals surface area contributed by atoms with E-state index in [9.17, 15) is 0 Å². The van der Waals surface area contributed by atoms with Crippen molar-refractivity contribution in [3.8, 4) is 0 Å². The van der Waals surface area contributed by atoms with Crippen LogP contribution in [-0.2, 0) is 4.74 Å². The fraction of sp³-hybridized carbons (Fsp3) is 1.00. The van der Waals surface area contributed by atoms with Gasteiger partial charge in [-0.3, -0.25) is 0 Å². The molecule has 2 heteroatoms. The molecule has 2 N–H and O–H groups in total. The maximum atomic E-state index is 5.62. The largest absolute Gasteiger partial charge is 0.381 e. The van der Waals surface area contributed by atoms with E-state index in [-0.39, 0.29) is 5.41 Å². The smallest absolute Gasteiger partial charge is 0.0471 e. The minimum Gasteiger partial charge on any atom is -0.381 e. The average Bonchev–Trinajstić information content (AvgIpc) is 2.87. The minimum atomic E-state index is 0.250. The molecule has 0 atom stereocenters. The fourth-order valence-corrected chi connectivity index (χ4v) is 1.21. The molecule has 0 bridgehead atoms. The SMILES string of the molecule is CC(C)(CN)CCOCCC1CC1. The van der Waals surface area contributed by atoms with E-state index in [0.29, 0.717) is 0 Å². The molecular weight excluding hydrogens is 162 g/mol. The van der Waals surface area contributed by atoms with Crippen LogP contribution in [0.2, 0.25) is 0 Å². The zero-order valence-corrected chi connectivity index (χ0v) is 9.01. The summed E-state index contributed by atoms with van der Waals surface area (Å²) in [5.74, 6) is 0.988. The molecule has 0 heterocycles. The molecular formula is C11H23NO. The summed E-state index contributed by atoms with van der Waals surface area (Å²) in [5.41, 5.74) is 5.87. The van der Waals surface area contributed by atoms with Crippen LogP contribution >= 0.6 is 0 Å². The third-order valence-electron chi connectivity index (χ3n) is 2.84. The molecule has 0 saturated heterocycles. The van der Waals surface area contributed by atoms with E-state index in [4.69, 9.17) is 10.5 Å². The van der Waals surface area contributed by atoms with Crippen LogP contribution in [-0.4, -0.2) is 19.8 Å². The Morgan fingerprint density at radius 3 is 2.54 bits per heavy atom. The van der Waals surface area contributed by atoms with Crippen LogP contribution in [0.15, 0.2) is 0 Å². The minimum absolute atomic E-state index is 0.250. The van der Waals surface area contributed by atoms with Crippen molar-refractivity contribution in [1.82, 2.24) is 0 Å². The van der Waals surface area contributed by atoms with Crippen LogP contribution < -0.4 is 5.73 Å². The zero-order valence-electron chi connectivity index (χ0n) is 9.01. The van der Waals surface area contributed by atoms with Gasteiger partial charge < -0.3 is 10.5 Å². The van der Waals surface area contributed by atoms with Gasteiger partial charge in [0.25, 0.3) is 0 Å². The summed E-state index contributed by atoms with van der Waals surface area (Å²) in [6.45, 7) is 6.95. The standard InChI is InChI=1S/C11H23NO/c1-11(2,9-12)6-8-13-7-5-10-3-4-10/h10H,3-9,12H2,1-2H3. The Hall–Kier alpha value is -0.0800. The molecule has 0 aromatic carbocycles. The van der Waals surface area contributed by atoms with Gasteiger partial charge in [0.1, 0.15) is 0 Å². The molecule has 1 fully saturated rings. The zero-order chi connectivity index (χ0) is 9.73. The first kappa shape index (κ1) is 11.0. The topological polar surface area (TPSA) is 35.2 Å². The summed E-state index contributed by atoms with van der Waals surface area (Å²) < 4.78 is 5.57. The number of hydrogen-bond acceptors (Lipinski definition) is 2. The highest BCUT2D eigenvalue weighted by Crippen LogP contribution is 2.32. The molecule has 1 aliphatic rings. The molecule has 0 aromatic heterocycles. The summed E-state index contributed by atoms with van der Waals surface area (Å²) in [6.07, 6.45) is 5.20. The lowest BCUT2D eigenvalue weighted by molar-refractivity contribution is 0.101. The molecule has 2 nitrogen and oxygen atoms in total. The van der Waals surface area contributed by atoms with Crippen LogP contribution in [0.25, 0.3) is 0 Å². The first-order chi connectivity index (χ1) is 6.14. The second kappa shape index (κ2) is 4.97. The van der Waals surface area contributed by atoms with Gasteiger partial charge in [-0.05, 0) is 30.7 Å². The highest BCUT2D eigenvalue weighted by Gasteiger charge is 2.20. The van der Waals surface area contributed by atoms with E-state index in [1.54, 1.807) is 0 Å². The predicted molar refractivity (Wildman–Crippen MR) is 55.6 cm³/mol. The Kier molecular flexibility index (Phi) is 4.20. The van der Waals surface area contributed by atoms with Crippen LogP contribution in [0.3, 0.4) is 0 Å². The van der Waals surface area contributed by atoms with E-state index >= 15 is 0 Å². The van der Waals surface area contributed by atoms with E-state index < -0.39 is 0 Å². The number of ether oxygens (including phenoxy) is 1. The van der Waals surface area contributed by atoms with Crippen molar-refractivity contribution in [2.24, 2.45) is 17.1 Å². The summed E-state index contributed by atoms with van der Waals surface area (Å²) in [7, 11) is 0. The second-order valence-corrected chi connectivity index (χ2v) is 4.96. The highest BCUT2D eigenvalue weighted by molar-refractivity contribution is 4.72. The maximum Gasteiger partial charge on any atom is 0.0471 e. The molecule has 0 spiro atoms. The van der Waals surface area contributed by atoms with E-state index in [2.05, 4.69) is 13.8 Å². The average molecular weight is 185 g/mol. The van der Waals surface area contributed by atoms with E-state index in [1.807, 2.05) is 0 Å². The molecule has 1 aliphatic carbocycles. The first-order valence-electron chi connectivity index (χ1n) is 5.42. The van der Waals surface area contributed by atoms with Gasteiger partial charge in [0.05, 0.1) is 0 Å². The van der Waals surface area contributed by atoms with E-state index in [0.717, 1.165) is 32.1 Å². The fourth-order valence-electron chi connectivity index (χ4n) is 1.21. The normalized spacial score (nSPS) is 17.8. The van der Waals surface area contributed by atoms with Crippen LogP contribution in [0.1, 0.15) is 39.5 Å². The van der Waals surface area contributed by atoms with E-state index in [1.165, 1.54) is 19.3 Å². The third kappa shape index (κ3) is 5.27. The molecule has 78 valence electrons. The lowest BCUT2D eigenvalue weighted by Gasteiger charge is -2.21. The summed E-state index contributed by atoms with van der Waals surface area (Å²) >= 11 is 0. The lowest BCUT2D eigenvalue weighted by atomic mass is 9.90. The van der Waals surface area contributed by atoms with Gasteiger partial charge >= 0.3 is 0 Å². The Morgan fingerprint density at radius 1 is 1.31 bits per heavy atom. The van der Waals surface area contributed by atoms with Crippen molar-refractivity contribution < 1.29 is 4.74 Å². The van der Waals surface area contributed by atoms with Crippen molar-refractivity contribution >= 4 is 0 Å². The molecule has 0 aromatic rings. The second-order valence-electron chi connectivity index (χ2n) is 4.96. The number of hydrogen-bond donors (Lipinski definition) is 1. The Balaban J connectivity index is 1.87. The van der Waals surface area contributed by atoms with Crippen molar-refractivity contribution in [1.29, 1.82) is 0 Å². The van der Waals surface area contributed by atoms with Crippen LogP contribution in [0.4, 0.5) is 0 Å². The molecule has 0 amide bonds. The predicted octanol–water partition coefficient (Wildman–Crippen LogP) is 2.18. The Bertz CT molecular complexity index is 141. The van der Waals surface area contributed by atoms with Crippen molar-refractivity contribution in [3.63, 3.8) is 0 Å². The monoisotopic (exact) mass is 185 g/mol. The third-order valence-corrected chi connectivity index (χ3v) is 2.84. The molecule has 0 radical (unpaired) electrons. The molecule has 1 rings (SSSR count). The Morgan fingerprint density at radius 2 is 2.00 bits per heavy atom. The molecule has 13 heavy (non-hydrogen) atoms. The van der Waals surface area contributed by atoms with Gasteiger partial charge in [-0.15, -0.1) is 0 Å². The Labute approximate surface area is 81.8 Å². The van der Waals surface area contributed by atoms with Crippen LogP contribution in [0, 0.1) is 11.3 Å². The summed E-state index contributed by atoms with van der Waals surface area (Å²) in [6, 6.07) is 0. The van der Waals surface area contributed by atoms with Crippen LogP contribution in [0.5, 0.6) is 0 Å². The van der Waals surface area contributed by atoms with Gasteiger partial charge in [0, 0.05) is 13.2 Å². The van der Waals surface area contributed by atoms with Gasteiger partial charge in [-0.2, -0.15) is 0 Å². The first-order valence-corrected chi connectivity index (χ1v) is 5.42. The van der Waals surface area contributed by atoms with Gasteiger partial charge in [-0.1, -0.05) is 26.7 Å². The summed E-state index contributed by atoms with van der Waals surface area (Å²) in [4.78, 5) is 0. The summed E-state index contributed by atoms with van der Waals surface area (Å²) in [5, 5.41) is 0. The number of nitrogens with two attached hydrogens (primary N) is 1. The van der Waals surface area contributed by atoms with Gasteiger partial charge in [0.2, 0.25) is 0 Å². The molecule has 0 unspecified atom stereocenters.